The molecule has 1 aliphatic rings. The van der Waals surface area contributed by atoms with E-state index in [9.17, 15) is 17.6 Å². The Labute approximate surface area is 131 Å². The number of primary sulfonamides is 1. The highest BCUT2D eigenvalue weighted by molar-refractivity contribution is 9.10. The van der Waals surface area contributed by atoms with Crippen LogP contribution in [0.5, 0.6) is 0 Å². The smallest absolute Gasteiger partial charge is 0.256 e. The molecule has 116 valence electrons. The van der Waals surface area contributed by atoms with Gasteiger partial charge >= 0.3 is 0 Å². The van der Waals surface area contributed by atoms with Gasteiger partial charge in [0.1, 0.15) is 5.82 Å². The Morgan fingerprint density at radius 1 is 1.48 bits per heavy atom. The summed E-state index contributed by atoms with van der Waals surface area (Å²) in [6.07, 6.45) is 3.26. The first-order valence-corrected chi connectivity index (χ1v) is 8.81. The van der Waals surface area contributed by atoms with E-state index in [2.05, 4.69) is 15.9 Å². The molecule has 0 aromatic heterocycles. The largest absolute Gasteiger partial charge is 0.341 e. The number of benzene rings is 1. The van der Waals surface area contributed by atoms with E-state index in [0.717, 1.165) is 31.4 Å². The van der Waals surface area contributed by atoms with E-state index in [1.165, 1.54) is 4.90 Å². The van der Waals surface area contributed by atoms with Crippen molar-refractivity contribution in [2.24, 2.45) is 11.1 Å². The van der Waals surface area contributed by atoms with Crippen LogP contribution in [0.4, 0.5) is 4.39 Å². The topological polar surface area (TPSA) is 80.5 Å². The maximum absolute atomic E-state index is 13.9. The van der Waals surface area contributed by atoms with Crippen LogP contribution in [0.25, 0.3) is 0 Å². The predicted molar refractivity (Wildman–Crippen MR) is 79.8 cm³/mol. The number of nitrogens with two attached hydrogens (primary N) is 1. The highest BCUT2D eigenvalue weighted by Gasteiger charge is 2.25. The van der Waals surface area contributed by atoms with Gasteiger partial charge in [-0.25, -0.2) is 17.9 Å². The summed E-state index contributed by atoms with van der Waals surface area (Å²) in [5, 5.41) is 5.06. The van der Waals surface area contributed by atoms with Crippen LogP contribution in [-0.4, -0.2) is 32.8 Å². The third-order valence-corrected chi connectivity index (χ3v) is 5.53. The van der Waals surface area contributed by atoms with Crippen molar-refractivity contribution in [3.05, 3.63) is 28.0 Å². The molecule has 0 bridgehead atoms. The number of nitrogens with zero attached hydrogens (tertiary/aromatic N) is 1. The molecular formula is C13H16BrFN2O3S. The van der Waals surface area contributed by atoms with Crippen LogP contribution < -0.4 is 5.14 Å². The quantitative estimate of drug-likeness (QED) is 0.870. The van der Waals surface area contributed by atoms with E-state index >= 15 is 0 Å². The summed E-state index contributed by atoms with van der Waals surface area (Å²) in [6, 6.07) is 1.93. The lowest BCUT2D eigenvalue weighted by molar-refractivity contribution is 0.0740. The van der Waals surface area contributed by atoms with Gasteiger partial charge in [-0.3, -0.25) is 4.79 Å². The molecule has 0 aliphatic heterocycles. The summed E-state index contributed by atoms with van der Waals surface area (Å²) in [5.41, 5.74) is -0.288. The number of amides is 1. The second-order valence-electron chi connectivity index (χ2n) is 5.29. The van der Waals surface area contributed by atoms with Crippen LogP contribution in [0, 0.1) is 11.7 Å². The first kappa shape index (κ1) is 16.4. The number of sulfonamides is 1. The summed E-state index contributed by atoms with van der Waals surface area (Å²) in [6.45, 7) is 0.541. The van der Waals surface area contributed by atoms with Gasteiger partial charge in [-0.15, -0.1) is 0 Å². The monoisotopic (exact) mass is 378 g/mol. The Morgan fingerprint density at radius 3 is 2.57 bits per heavy atom. The standard InChI is InChI=1S/C13H16BrFN2O3S/c1-17(7-8-3-2-4-8)13(18)9-5-12(21(16,19)20)10(14)6-11(9)15/h5-6,8H,2-4,7H2,1H3,(H2,16,19,20). The van der Waals surface area contributed by atoms with Gasteiger partial charge in [-0.05, 0) is 46.8 Å². The van der Waals surface area contributed by atoms with Gasteiger partial charge in [-0.2, -0.15) is 0 Å². The van der Waals surface area contributed by atoms with E-state index in [4.69, 9.17) is 5.14 Å². The minimum Gasteiger partial charge on any atom is -0.341 e. The fourth-order valence-electron chi connectivity index (χ4n) is 2.26. The first-order valence-electron chi connectivity index (χ1n) is 6.47. The molecule has 0 atom stereocenters. The van der Waals surface area contributed by atoms with Crippen LogP contribution in [0.15, 0.2) is 21.5 Å². The fraction of sp³-hybridized carbons (Fsp3) is 0.462. The van der Waals surface area contributed by atoms with E-state index in [-0.39, 0.29) is 14.9 Å². The van der Waals surface area contributed by atoms with Crippen molar-refractivity contribution < 1.29 is 17.6 Å². The summed E-state index contributed by atoms with van der Waals surface area (Å²) >= 11 is 2.94. The molecule has 21 heavy (non-hydrogen) atoms. The third-order valence-electron chi connectivity index (χ3n) is 3.66. The maximum Gasteiger partial charge on any atom is 0.256 e. The van der Waals surface area contributed by atoms with Crippen molar-refractivity contribution in [3.63, 3.8) is 0 Å². The number of carbonyl (C=O) groups is 1. The molecule has 1 amide bonds. The fourth-order valence-corrected chi connectivity index (χ4v) is 3.87. The normalized spacial score (nSPS) is 15.6. The summed E-state index contributed by atoms with van der Waals surface area (Å²) in [7, 11) is -2.45. The summed E-state index contributed by atoms with van der Waals surface area (Å²) in [5.74, 6) is -0.883. The van der Waals surface area contributed by atoms with Crippen LogP contribution in [-0.2, 0) is 10.0 Å². The van der Waals surface area contributed by atoms with Gasteiger partial charge in [0.15, 0.2) is 0 Å². The SMILES string of the molecule is CN(CC1CCC1)C(=O)c1cc(S(N)(=O)=O)c(Br)cc1F. The average molecular weight is 379 g/mol. The third kappa shape index (κ3) is 3.61. The molecule has 0 heterocycles. The first-order chi connectivity index (χ1) is 9.70. The van der Waals surface area contributed by atoms with Gasteiger partial charge in [0.2, 0.25) is 10.0 Å². The minimum absolute atomic E-state index is 0.000644. The van der Waals surface area contributed by atoms with Crippen molar-refractivity contribution in [3.8, 4) is 0 Å². The molecule has 1 aromatic rings. The summed E-state index contributed by atoms with van der Waals surface area (Å²) in [4.78, 5) is 13.4. The molecule has 1 fully saturated rings. The average Bonchev–Trinajstić information content (AvgIpc) is 2.31. The Balaban J connectivity index is 2.31. The van der Waals surface area contributed by atoms with Gasteiger partial charge < -0.3 is 4.90 Å². The van der Waals surface area contributed by atoms with Crippen LogP contribution in [0.3, 0.4) is 0 Å². The molecule has 0 unspecified atom stereocenters. The van der Waals surface area contributed by atoms with Crippen molar-refractivity contribution in [1.29, 1.82) is 0 Å². The zero-order chi connectivity index (χ0) is 15.8. The Morgan fingerprint density at radius 2 is 2.10 bits per heavy atom. The molecule has 2 N–H and O–H groups in total. The zero-order valence-corrected chi connectivity index (χ0v) is 13.9. The molecule has 8 heteroatoms. The molecular weight excluding hydrogens is 363 g/mol. The highest BCUT2D eigenvalue weighted by Crippen LogP contribution is 2.28. The molecule has 0 saturated heterocycles. The zero-order valence-electron chi connectivity index (χ0n) is 11.5. The van der Waals surface area contributed by atoms with E-state index in [1.807, 2.05) is 0 Å². The maximum atomic E-state index is 13.9. The molecule has 5 nitrogen and oxygen atoms in total. The van der Waals surface area contributed by atoms with E-state index in [1.54, 1.807) is 7.05 Å². The van der Waals surface area contributed by atoms with Gasteiger partial charge in [-0.1, -0.05) is 6.42 Å². The van der Waals surface area contributed by atoms with Crippen molar-refractivity contribution in [2.75, 3.05) is 13.6 Å². The molecule has 2 rings (SSSR count). The van der Waals surface area contributed by atoms with E-state index < -0.39 is 21.7 Å². The molecule has 0 spiro atoms. The van der Waals surface area contributed by atoms with Crippen molar-refractivity contribution >= 4 is 31.9 Å². The van der Waals surface area contributed by atoms with Crippen molar-refractivity contribution in [2.45, 2.75) is 24.2 Å². The summed E-state index contributed by atoms with van der Waals surface area (Å²) < 4.78 is 36.8. The number of carbonyl (C=O) groups excluding carboxylic acids is 1. The molecule has 1 saturated carbocycles. The molecule has 0 radical (unpaired) electrons. The number of hydrogen-bond donors (Lipinski definition) is 1. The lowest BCUT2D eigenvalue weighted by Crippen LogP contribution is -2.34. The molecule has 1 aliphatic carbocycles. The van der Waals surface area contributed by atoms with Crippen LogP contribution in [0.2, 0.25) is 0 Å². The lowest BCUT2D eigenvalue weighted by atomic mass is 9.85. The number of rotatable bonds is 4. The molecule has 1 aromatic carbocycles. The minimum atomic E-state index is -4.03. The van der Waals surface area contributed by atoms with Crippen LogP contribution >= 0.6 is 15.9 Å². The lowest BCUT2D eigenvalue weighted by Gasteiger charge is -2.30. The number of halogens is 2. The van der Waals surface area contributed by atoms with Gasteiger partial charge in [0.05, 0.1) is 10.5 Å². The second kappa shape index (κ2) is 6.02. The highest BCUT2D eigenvalue weighted by atomic mass is 79.9. The second-order valence-corrected chi connectivity index (χ2v) is 7.67. The van der Waals surface area contributed by atoms with Crippen molar-refractivity contribution in [1.82, 2.24) is 4.90 Å². The Kier molecular flexibility index (Phi) is 4.69. The van der Waals surface area contributed by atoms with Gasteiger partial charge in [0, 0.05) is 18.1 Å². The Bertz CT molecular complexity index is 674. The number of hydrogen-bond acceptors (Lipinski definition) is 3. The van der Waals surface area contributed by atoms with Gasteiger partial charge in [0.25, 0.3) is 5.91 Å². The van der Waals surface area contributed by atoms with Crippen LogP contribution in [0.1, 0.15) is 29.6 Å². The Hall–Kier alpha value is -0.990. The predicted octanol–water partition coefficient (Wildman–Crippen LogP) is 2.11. The van der Waals surface area contributed by atoms with E-state index in [0.29, 0.717) is 12.5 Å².